The van der Waals surface area contributed by atoms with Crippen LogP contribution < -0.4 is 10.1 Å². The lowest BCUT2D eigenvalue weighted by atomic mass is 10.1. The van der Waals surface area contributed by atoms with Crippen molar-refractivity contribution in [3.8, 4) is 5.75 Å². The third-order valence-electron chi connectivity index (χ3n) is 2.46. The molecule has 0 fully saturated rings. The van der Waals surface area contributed by atoms with Gasteiger partial charge in [0.15, 0.2) is 5.82 Å². The zero-order valence-electron chi connectivity index (χ0n) is 10.5. The number of anilines is 1. The van der Waals surface area contributed by atoms with Gasteiger partial charge in [-0.05, 0) is 19.1 Å². The molecule has 0 saturated carbocycles. The Bertz CT molecular complexity index is 599. The largest absolute Gasteiger partial charge is 0.496 e. The van der Waals surface area contributed by atoms with Gasteiger partial charge in [-0.25, -0.2) is 9.97 Å². The summed E-state index contributed by atoms with van der Waals surface area (Å²) in [6.07, 6.45) is 2.76. The van der Waals surface area contributed by atoms with E-state index >= 15 is 0 Å². The molecule has 0 bridgehead atoms. The van der Waals surface area contributed by atoms with Crippen LogP contribution in [0, 0.1) is 6.92 Å². The number of amides is 1. The molecular formula is C13H12ClN3O2. The number of nitrogens with one attached hydrogen (secondary N) is 1. The molecule has 1 heterocycles. The van der Waals surface area contributed by atoms with E-state index in [9.17, 15) is 4.79 Å². The van der Waals surface area contributed by atoms with Crippen molar-refractivity contribution in [2.75, 3.05) is 12.4 Å². The molecule has 0 aliphatic rings. The Morgan fingerprint density at radius 3 is 2.74 bits per heavy atom. The number of benzene rings is 1. The van der Waals surface area contributed by atoms with Crippen molar-refractivity contribution in [1.82, 2.24) is 9.97 Å². The van der Waals surface area contributed by atoms with Gasteiger partial charge in [0.2, 0.25) is 0 Å². The first-order valence-electron chi connectivity index (χ1n) is 5.53. The quantitative estimate of drug-likeness (QED) is 0.937. The van der Waals surface area contributed by atoms with Gasteiger partial charge < -0.3 is 10.1 Å². The number of rotatable bonds is 3. The van der Waals surface area contributed by atoms with Gasteiger partial charge in [0.1, 0.15) is 10.9 Å². The molecule has 0 radical (unpaired) electrons. The number of carbonyl (C=O) groups excluding carboxylic acids is 1. The summed E-state index contributed by atoms with van der Waals surface area (Å²) in [5.41, 5.74) is 1.41. The monoisotopic (exact) mass is 277 g/mol. The fourth-order valence-corrected chi connectivity index (χ4v) is 1.66. The molecule has 0 aliphatic heterocycles. The maximum atomic E-state index is 12.1. The first kappa shape index (κ1) is 13.3. The van der Waals surface area contributed by atoms with E-state index in [4.69, 9.17) is 16.3 Å². The molecule has 0 spiro atoms. The Balaban J connectivity index is 2.24. The lowest BCUT2D eigenvalue weighted by Crippen LogP contribution is -2.14. The molecule has 0 unspecified atom stereocenters. The number of carbonyl (C=O) groups is 1. The summed E-state index contributed by atoms with van der Waals surface area (Å²) in [6.45, 7) is 1.90. The zero-order chi connectivity index (χ0) is 13.8. The lowest BCUT2D eigenvalue weighted by molar-refractivity contribution is 0.102. The average molecular weight is 278 g/mol. The maximum absolute atomic E-state index is 12.1. The molecule has 0 saturated heterocycles. The third kappa shape index (κ3) is 3.20. The predicted octanol–water partition coefficient (Wildman–Crippen LogP) is 2.70. The Labute approximate surface area is 115 Å². The van der Waals surface area contributed by atoms with Gasteiger partial charge in [0.25, 0.3) is 5.91 Å². The molecule has 2 aromatic rings. The van der Waals surface area contributed by atoms with Crippen LogP contribution in [0.15, 0.2) is 30.6 Å². The molecule has 1 amide bonds. The van der Waals surface area contributed by atoms with Gasteiger partial charge in [-0.1, -0.05) is 23.2 Å². The highest BCUT2D eigenvalue weighted by Gasteiger charge is 2.13. The van der Waals surface area contributed by atoms with E-state index < -0.39 is 0 Å². The Kier molecular flexibility index (Phi) is 3.97. The SMILES string of the molecule is COc1ccc(C)cc1C(=O)Nc1cnc(Cl)cn1. The van der Waals surface area contributed by atoms with Crippen molar-refractivity contribution >= 4 is 23.3 Å². The van der Waals surface area contributed by atoms with Gasteiger partial charge in [-0.15, -0.1) is 0 Å². The molecule has 98 valence electrons. The van der Waals surface area contributed by atoms with Crippen LogP contribution in [-0.2, 0) is 0 Å². The number of aryl methyl sites for hydroxylation is 1. The number of methoxy groups -OCH3 is 1. The van der Waals surface area contributed by atoms with E-state index in [0.717, 1.165) is 5.56 Å². The second-order valence-electron chi connectivity index (χ2n) is 3.88. The Morgan fingerprint density at radius 1 is 1.32 bits per heavy atom. The van der Waals surface area contributed by atoms with Crippen LogP contribution >= 0.6 is 11.6 Å². The predicted molar refractivity (Wildman–Crippen MR) is 72.7 cm³/mol. The number of ether oxygens (including phenoxy) is 1. The van der Waals surface area contributed by atoms with Crippen molar-refractivity contribution < 1.29 is 9.53 Å². The maximum Gasteiger partial charge on any atom is 0.260 e. The highest BCUT2D eigenvalue weighted by molar-refractivity contribution is 6.29. The van der Waals surface area contributed by atoms with E-state index in [-0.39, 0.29) is 11.1 Å². The van der Waals surface area contributed by atoms with Crippen LogP contribution in [-0.4, -0.2) is 23.0 Å². The van der Waals surface area contributed by atoms with Crippen molar-refractivity contribution in [2.24, 2.45) is 0 Å². The minimum atomic E-state index is -0.308. The standard InChI is InChI=1S/C13H12ClN3O2/c1-8-3-4-10(19-2)9(5-8)13(18)17-12-7-15-11(14)6-16-12/h3-7H,1-2H3,(H,16,17,18). The average Bonchev–Trinajstić information content (AvgIpc) is 2.41. The fourth-order valence-electron chi connectivity index (χ4n) is 1.56. The minimum Gasteiger partial charge on any atom is -0.496 e. The van der Waals surface area contributed by atoms with E-state index in [0.29, 0.717) is 17.1 Å². The minimum absolute atomic E-state index is 0.270. The van der Waals surface area contributed by atoms with E-state index in [2.05, 4.69) is 15.3 Å². The molecule has 0 aliphatic carbocycles. The summed E-state index contributed by atoms with van der Waals surface area (Å²) in [6, 6.07) is 5.37. The summed E-state index contributed by atoms with van der Waals surface area (Å²) in [7, 11) is 1.52. The van der Waals surface area contributed by atoms with Crippen LogP contribution in [0.4, 0.5) is 5.82 Å². The first-order valence-corrected chi connectivity index (χ1v) is 5.91. The van der Waals surface area contributed by atoms with Crippen LogP contribution in [0.3, 0.4) is 0 Å². The number of hydrogen-bond donors (Lipinski definition) is 1. The third-order valence-corrected chi connectivity index (χ3v) is 2.66. The first-order chi connectivity index (χ1) is 9.10. The summed E-state index contributed by atoms with van der Waals surface area (Å²) >= 11 is 5.63. The summed E-state index contributed by atoms with van der Waals surface area (Å²) < 4.78 is 5.16. The molecule has 1 aromatic heterocycles. The fraction of sp³-hybridized carbons (Fsp3) is 0.154. The molecular weight excluding hydrogens is 266 g/mol. The highest BCUT2D eigenvalue weighted by Crippen LogP contribution is 2.20. The van der Waals surface area contributed by atoms with E-state index in [1.54, 1.807) is 12.1 Å². The summed E-state index contributed by atoms with van der Waals surface area (Å²) in [5.74, 6) is 0.528. The van der Waals surface area contributed by atoms with Crippen LogP contribution in [0.2, 0.25) is 5.15 Å². The van der Waals surface area contributed by atoms with Gasteiger partial charge in [0.05, 0.1) is 25.1 Å². The van der Waals surface area contributed by atoms with Gasteiger partial charge in [0, 0.05) is 0 Å². The molecule has 1 N–H and O–H groups in total. The van der Waals surface area contributed by atoms with Crippen LogP contribution in [0.5, 0.6) is 5.75 Å². The Hall–Kier alpha value is -2.14. The van der Waals surface area contributed by atoms with Crippen LogP contribution in [0.25, 0.3) is 0 Å². The van der Waals surface area contributed by atoms with Gasteiger partial charge >= 0.3 is 0 Å². The number of hydrogen-bond acceptors (Lipinski definition) is 4. The Morgan fingerprint density at radius 2 is 2.11 bits per heavy atom. The molecule has 1 aromatic carbocycles. The topological polar surface area (TPSA) is 64.1 Å². The number of aromatic nitrogens is 2. The summed E-state index contributed by atoms with van der Waals surface area (Å²) in [4.78, 5) is 19.9. The highest BCUT2D eigenvalue weighted by atomic mass is 35.5. The number of halogens is 1. The second-order valence-corrected chi connectivity index (χ2v) is 4.27. The van der Waals surface area contributed by atoms with Crippen molar-refractivity contribution in [1.29, 1.82) is 0 Å². The molecule has 6 heteroatoms. The molecule has 2 rings (SSSR count). The normalized spacial score (nSPS) is 10.1. The van der Waals surface area contributed by atoms with Gasteiger partial charge in [-0.2, -0.15) is 0 Å². The van der Waals surface area contributed by atoms with Crippen molar-refractivity contribution in [2.45, 2.75) is 6.92 Å². The smallest absolute Gasteiger partial charge is 0.260 e. The van der Waals surface area contributed by atoms with E-state index in [1.165, 1.54) is 19.5 Å². The molecule has 5 nitrogen and oxygen atoms in total. The number of nitrogens with zero attached hydrogens (tertiary/aromatic N) is 2. The molecule has 0 atom stereocenters. The lowest BCUT2D eigenvalue weighted by Gasteiger charge is -2.09. The van der Waals surface area contributed by atoms with E-state index in [1.807, 2.05) is 13.0 Å². The van der Waals surface area contributed by atoms with Crippen LogP contribution in [0.1, 0.15) is 15.9 Å². The van der Waals surface area contributed by atoms with Crippen molar-refractivity contribution in [3.05, 3.63) is 46.9 Å². The second kappa shape index (κ2) is 5.67. The molecule has 19 heavy (non-hydrogen) atoms. The summed E-state index contributed by atoms with van der Waals surface area (Å²) in [5, 5.41) is 2.91. The van der Waals surface area contributed by atoms with Gasteiger partial charge in [-0.3, -0.25) is 4.79 Å². The van der Waals surface area contributed by atoms with Crippen molar-refractivity contribution in [3.63, 3.8) is 0 Å². The zero-order valence-corrected chi connectivity index (χ0v) is 11.2.